The van der Waals surface area contributed by atoms with Crippen LogP contribution < -0.4 is 14.9 Å². The highest BCUT2D eigenvalue weighted by atomic mass is 32.2. The molecule has 3 rings (SSSR count). The van der Waals surface area contributed by atoms with Gasteiger partial charge in [-0.3, -0.25) is 4.79 Å². The number of nitrogens with zero attached hydrogens (tertiary/aromatic N) is 2. The van der Waals surface area contributed by atoms with Crippen LogP contribution in [0.2, 0.25) is 0 Å². The third-order valence-electron chi connectivity index (χ3n) is 5.09. The van der Waals surface area contributed by atoms with Crippen molar-refractivity contribution < 1.29 is 27.1 Å². The lowest BCUT2D eigenvalue weighted by atomic mass is 9.98. The van der Waals surface area contributed by atoms with E-state index >= 15 is 0 Å². The second kappa shape index (κ2) is 9.88. The second-order valence-electron chi connectivity index (χ2n) is 6.97. The lowest BCUT2D eigenvalue weighted by Gasteiger charge is -2.30. The molecule has 0 atom stereocenters. The summed E-state index contributed by atoms with van der Waals surface area (Å²) in [5, 5.41) is 4.00. The zero-order valence-corrected chi connectivity index (χ0v) is 18.1. The van der Waals surface area contributed by atoms with Crippen LogP contribution in [0.1, 0.15) is 18.4 Å². The molecule has 1 saturated heterocycles. The Hall–Kier alpha value is -2.98. The van der Waals surface area contributed by atoms with Crippen molar-refractivity contribution in [3.05, 3.63) is 53.8 Å². The van der Waals surface area contributed by atoms with E-state index in [2.05, 4.69) is 10.5 Å². The van der Waals surface area contributed by atoms with E-state index in [0.717, 1.165) is 12.1 Å². The van der Waals surface area contributed by atoms with E-state index in [-0.39, 0.29) is 29.8 Å². The van der Waals surface area contributed by atoms with Crippen LogP contribution in [-0.2, 0) is 14.8 Å². The summed E-state index contributed by atoms with van der Waals surface area (Å²) in [4.78, 5) is 12.5. The minimum Gasteiger partial charge on any atom is -0.497 e. The van der Waals surface area contributed by atoms with Gasteiger partial charge in [-0.1, -0.05) is 0 Å². The fourth-order valence-electron chi connectivity index (χ4n) is 3.31. The monoisotopic (exact) mass is 449 g/mol. The smallest absolute Gasteiger partial charge is 0.243 e. The predicted octanol–water partition coefficient (Wildman–Crippen LogP) is 2.39. The van der Waals surface area contributed by atoms with Gasteiger partial charge in [0.15, 0.2) is 0 Å². The Morgan fingerprint density at radius 1 is 1.13 bits per heavy atom. The number of methoxy groups -OCH3 is 2. The normalized spacial score (nSPS) is 15.7. The summed E-state index contributed by atoms with van der Waals surface area (Å²) in [7, 11) is -0.634. The SMILES string of the molecule is COc1ccc(OC)c(/C=N\NC(=O)C2CCN(S(=O)(=O)c3ccc(F)cc3)CC2)c1. The average molecular weight is 450 g/mol. The summed E-state index contributed by atoms with van der Waals surface area (Å²) in [5.74, 6) is 0.0730. The van der Waals surface area contributed by atoms with Crippen LogP contribution in [0.3, 0.4) is 0 Å². The molecule has 10 heteroatoms. The van der Waals surface area contributed by atoms with Crippen molar-refractivity contribution in [2.45, 2.75) is 17.7 Å². The van der Waals surface area contributed by atoms with Gasteiger partial charge in [0.1, 0.15) is 17.3 Å². The Labute approximate surface area is 180 Å². The van der Waals surface area contributed by atoms with Crippen molar-refractivity contribution in [2.24, 2.45) is 11.0 Å². The van der Waals surface area contributed by atoms with Gasteiger partial charge >= 0.3 is 0 Å². The van der Waals surface area contributed by atoms with E-state index in [1.165, 1.54) is 29.8 Å². The van der Waals surface area contributed by atoms with Crippen molar-refractivity contribution in [1.82, 2.24) is 9.73 Å². The molecule has 166 valence electrons. The van der Waals surface area contributed by atoms with Gasteiger partial charge in [-0.05, 0) is 55.3 Å². The van der Waals surface area contributed by atoms with Gasteiger partial charge in [-0.15, -0.1) is 0 Å². The van der Waals surface area contributed by atoms with Crippen LogP contribution in [0.5, 0.6) is 11.5 Å². The Balaban J connectivity index is 1.57. The van der Waals surface area contributed by atoms with Crippen LogP contribution in [-0.4, -0.2) is 52.2 Å². The number of ether oxygens (including phenoxy) is 2. The molecule has 2 aromatic carbocycles. The zero-order chi connectivity index (χ0) is 22.4. The van der Waals surface area contributed by atoms with Gasteiger partial charge in [0.2, 0.25) is 15.9 Å². The van der Waals surface area contributed by atoms with Gasteiger partial charge in [0, 0.05) is 24.6 Å². The number of piperidine rings is 1. The molecule has 0 saturated carbocycles. The standard InChI is InChI=1S/C21H24FN3O5S/c1-29-18-5-8-20(30-2)16(13-18)14-23-24-21(26)15-9-11-25(12-10-15)31(27,28)19-6-3-17(22)4-7-19/h3-8,13-15H,9-12H2,1-2H3,(H,24,26)/b23-14-. The van der Waals surface area contributed by atoms with Crippen LogP contribution in [0.4, 0.5) is 4.39 Å². The number of hydrogen-bond acceptors (Lipinski definition) is 6. The number of carbonyl (C=O) groups is 1. The lowest BCUT2D eigenvalue weighted by molar-refractivity contribution is -0.126. The molecule has 1 N–H and O–H groups in total. The van der Waals surface area contributed by atoms with Gasteiger partial charge < -0.3 is 9.47 Å². The molecule has 2 aromatic rings. The number of amides is 1. The van der Waals surface area contributed by atoms with Gasteiger partial charge in [-0.2, -0.15) is 9.41 Å². The molecule has 0 aliphatic carbocycles. The molecule has 1 amide bonds. The number of sulfonamides is 1. The summed E-state index contributed by atoms with van der Waals surface area (Å²) in [6, 6.07) is 9.93. The maximum atomic E-state index is 13.1. The number of hydrazone groups is 1. The molecular formula is C21H24FN3O5S. The summed E-state index contributed by atoms with van der Waals surface area (Å²) in [5.41, 5.74) is 3.15. The molecule has 0 spiro atoms. The lowest BCUT2D eigenvalue weighted by Crippen LogP contribution is -2.42. The molecule has 31 heavy (non-hydrogen) atoms. The Bertz CT molecular complexity index is 1050. The third-order valence-corrected chi connectivity index (χ3v) is 7.00. The Morgan fingerprint density at radius 3 is 2.42 bits per heavy atom. The Morgan fingerprint density at radius 2 is 1.81 bits per heavy atom. The van der Waals surface area contributed by atoms with E-state index in [9.17, 15) is 17.6 Å². The summed E-state index contributed by atoms with van der Waals surface area (Å²) >= 11 is 0. The zero-order valence-electron chi connectivity index (χ0n) is 17.2. The predicted molar refractivity (Wildman–Crippen MR) is 113 cm³/mol. The summed E-state index contributed by atoms with van der Waals surface area (Å²) < 4.78 is 50.2. The molecule has 0 radical (unpaired) electrons. The number of rotatable bonds is 7. The van der Waals surface area contributed by atoms with Crippen LogP contribution >= 0.6 is 0 Å². The van der Waals surface area contributed by atoms with E-state index < -0.39 is 15.8 Å². The molecule has 8 nitrogen and oxygen atoms in total. The molecule has 0 aromatic heterocycles. The highest BCUT2D eigenvalue weighted by molar-refractivity contribution is 7.89. The molecule has 1 heterocycles. The third kappa shape index (κ3) is 5.39. The van der Waals surface area contributed by atoms with Crippen molar-refractivity contribution >= 4 is 22.1 Å². The van der Waals surface area contributed by atoms with E-state index in [1.54, 1.807) is 25.3 Å². The summed E-state index contributed by atoms with van der Waals surface area (Å²) in [6.07, 6.45) is 2.20. The van der Waals surface area contributed by atoms with Crippen molar-refractivity contribution in [1.29, 1.82) is 0 Å². The Kier molecular flexibility index (Phi) is 7.24. The average Bonchev–Trinajstić information content (AvgIpc) is 2.79. The van der Waals surface area contributed by atoms with Gasteiger partial charge in [0.05, 0.1) is 25.3 Å². The number of hydrogen-bond donors (Lipinski definition) is 1. The number of carbonyl (C=O) groups excluding carboxylic acids is 1. The first-order valence-corrected chi connectivity index (χ1v) is 11.1. The summed E-state index contributed by atoms with van der Waals surface area (Å²) in [6.45, 7) is 0.399. The fourth-order valence-corrected chi connectivity index (χ4v) is 4.78. The quantitative estimate of drug-likeness (QED) is 0.517. The highest BCUT2D eigenvalue weighted by Crippen LogP contribution is 2.25. The largest absolute Gasteiger partial charge is 0.497 e. The first-order chi connectivity index (χ1) is 14.8. The molecule has 0 bridgehead atoms. The van der Waals surface area contributed by atoms with Crippen molar-refractivity contribution in [3.63, 3.8) is 0 Å². The minimum absolute atomic E-state index is 0.0358. The molecule has 1 fully saturated rings. The molecule has 0 unspecified atom stereocenters. The van der Waals surface area contributed by atoms with Gasteiger partial charge in [-0.25, -0.2) is 18.2 Å². The first kappa shape index (κ1) is 22.7. The fraction of sp³-hybridized carbons (Fsp3) is 0.333. The van der Waals surface area contributed by atoms with Gasteiger partial charge in [0.25, 0.3) is 0 Å². The van der Waals surface area contributed by atoms with Crippen molar-refractivity contribution in [2.75, 3.05) is 27.3 Å². The van der Waals surface area contributed by atoms with E-state index in [0.29, 0.717) is 29.9 Å². The maximum absolute atomic E-state index is 13.1. The van der Waals surface area contributed by atoms with Crippen LogP contribution in [0, 0.1) is 11.7 Å². The highest BCUT2D eigenvalue weighted by Gasteiger charge is 2.32. The van der Waals surface area contributed by atoms with E-state index in [4.69, 9.17) is 9.47 Å². The number of benzene rings is 2. The van der Waals surface area contributed by atoms with E-state index in [1.807, 2.05) is 0 Å². The molecule has 1 aliphatic heterocycles. The first-order valence-electron chi connectivity index (χ1n) is 9.66. The topological polar surface area (TPSA) is 97.3 Å². The second-order valence-corrected chi connectivity index (χ2v) is 8.91. The van der Waals surface area contributed by atoms with Crippen molar-refractivity contribution in [3.8, 4) is 11.5 Å². The van der Waals surface area contributed by atoms with Crippen LogP contribution in [0.25, 0.3) is 0 Å². The molecule has 1 aliphatic rings. The number of halogens is 1. The molecular weight excluding hydrogens is 425 g/mol. The maximum Gasteiger partial charge on any atom is 0.243 e. The van der Waals surface area contributed by atoms with Crippen LogP contribution in [0.15, 0.2) is 52.5 Å². The minimum atomic E-state index is -3.72. The number of nitrogens with one attached hydrogen (secondary N) is 1.